The second-order valence-electron chi connectivity index (χ2n) is 1.91. The molecule has 2 N–H and O–H groups in total. The van der Waals surface area contributed by atoms with Gasteiger partial charge in [-0.2, -0.15) is 12.6 Å². The van der Waals surface area contributed by atoms with Gasteiger partial charge in [-0.1, -0.05) is 6.92 Å². The van der Waals surface area contributed by atoms with Crippen molar-refractivity contribution in [1.82, 2.24) is 0 Å². The molecule has 0 aromatic carbocycles. The first-order valence-corrected chi connectivity index (χ1v) is 3.15. The van der Waals surface area contributed by atoms with Crippen molar-refractivity contribution in [2.45, 2.75) is 31.3 Å². The molecular formula is C5H12HgO2S. The second-order valence-corrected chi connectivity index (χ2v) is 2.68. The fourth-order valence-corrected chi connectivity index (χ4v) is 0.478. The van der Waals surface area contributed by atoms with E-state index in [1.54, 1.807) is 13.8 Å². The van der Waals surface area contributed by atoms with Crippen molar-refractivity contribution in [3.05, 3.63) is 0 Å². The van der Waals surface area contributed by atoms with E-state index in [1.165, 1.54) is 0 Å². The van der Waals surface area contributed by atoms with E-state index in [-0.39, 0.29) is 32.9 Å². The maximum Gasteiger partial charge on any atom is 0.173 e. The third-order valence-electron chi connectivity index (χ3n) is 1.19. The average Bonchev–Trinajstić information content (AvgIpc) is 1.67. The molecule has 0 aromatic rings. The van der Waals surface area contributed by atoms with Crippen LogP contribution < -0.4 is 0 Å². The summed E-state index contributed by atoms with van der Waals surface area (Å²) in [5.41, 5.74) is 0. The van der Waals surface area contributed by atoms with Crippen molar-refractivity contribution >= 4 is 12.6 Å². The van der Waals surface area contributed by atoms with E-state index in [9.17, 15) is 0 Å². The summed E-state index contributed by atoms with van der Waals surface area (Å²) in [6.45, 7) is 3.35. The SMILES string of the molecule is CCC(O)(O)C(C)S.[Hg]. The van der Waals surface area contributed by atoms with Crippen molar-refractivity contribution in [3.8, 4) is 0 Å². The van der Waals surface area contributed by atoms with Gasteiger partial charge in [0.05, 0.1) is 5.25 Å². The first-order valence-electron chi connectivity index (χ1n) is 2.63. The Morgan fingerprint density at radius 2 is 1.89 bits per heavy atom. The molecule has 0 bridgehead atoms. The Balaban J connectivity index is 0. The van der Waals surface area contributed by atoms with Gasteiger partial charge in [-0.3, -0.25) is 0 Å². The summed E-state index contributed by atoms with van der Waals surface area (Å²) < 4.78 is 0. The molecule has 0 spiro atoms. The Morgan fingerprint density at radius 1 is 1.56 bits per heavy atom. The zero-order valence-corrected chi connectivity index (χ0v) is 12.2. The van der Waals surface area contributed by atoms with Gasteiger partial charge < -0.3 is 10.2 Å². The van der Waals surface area contributed by atoms with Crippen LogP contribution in [-0.4, -0.2) is 21.3 Å². The van der Waals surface area contributed by atoms with Gasteiger partial charge in [0.2, 0.25) is 0 Å². The molecule has 1 atom stereocenters. The molecule has 0 saturated heterocycles. The molecule has 9 heavy (non-hydrogen) atoms. The first-order chi connectivity index (χ1) is 3.50. The van der Waals surface area contributed by atoms with E-state index in [4.69, 9.17) is 10.2 Å². The number of hydrogen-bond donors (Lipinski definition) is 3. The minimum Gasteiger partial charge on any atom is -0.365 e. The third-order valence-corrected chi connectivity index (χ3v) is 1.60. The zero-order chi connectivity index (χ0) is 6.78. The Morgan fingerprint density at radius 3 is 1.89 bits per heavy atom. The summed E-state index contributed by atoms with van der Waals surface area (Å²) in [5.74, 6) is -1.59. The summed E-state index contributed by atoms with van der Waals surface area (Å²) in [6.07, 6.45) is 0.317. The monoisotopic (exact) mass is 338 g/mol. The van der Waals surface area contributed by atoms with E-state index in [1.807, 2.05) is 0 Å². The average molecular weight is 337 g/mol. The number of hydrogen-bond acceptors (Lipinski definition) is 3. The zero-order valence-electron chi connectivity index (χ0n) is 5.83. The minimum atomic E-state index is -1.59. The molecule has 0 fully saturated rings. The molecule has 4 heteroatoms. The molecule has 52 valence electrons. The van der Waals surface area contributed by atoms with E-state index in [2.05, 4.69) is 12.6 Å². The standard InChI is InChI=1S/C5H12O2S.Hg/c1-3-5(6,7)4(2)8;/h4,6-8H,3H2,1-2H3;. The van der Waals surface area contributed by atoms with Gasteiger partial charge >= 0.3 is 0 Å². The van der Waals surface area contributed by atoms with Crippen LogP contribution in [-0.2, 0) is 27.7 Å². The van der Waals surface area contributed by atoms with E-state index >= 15 is 0 Å². The van der Waals surface area contributed by atoms with Crippen LogP contribution in [0.25, 0.3) is 0 Å². The van der Waals surface area contributed by atoms with Crippen LogP contribution in [0.4, 0.5) is 0 Å². The van der Waals surface area contributed by atoms with Gasteiger partial charge in [0, 0.05) is 27.7 Å². The minimum absolute atomic E-state index is 0. The quantitative estimate of drug-likeness (QED) is 0.388. The Hall–Kier alpha value is 1.21. The summed E-state index contributed by atoms with van der Waals surface area (Å²) in [7, 11) is 0. The molecule has 0 aliphatic carbocycles. The first kappa shape index (κ1) is 12.8. The van der Waals surface area contributed by atoms with Crippen molar-refractivity contribution in [3.63, 3.8) is 0 Å². The van der Waals surface area contributed by atoms with E-state index in [0.29, 0.717) is 6.42 Å². The van der Waals surface area contributed by atoms with E-state index < -0.39 is 5.79 Å². The molecule has 0 radical (unpaired) electrons. The van der Waals surface area contributed by atoms with Crippen LogP contribution in [0.3, 0.4) is 0 Å². The summed E-state index contributed by atoms with van der Waals surface area (Å²) in [4.78, 5) is 0. The third kappa shape index (κ3) is 4.59. The normalized spacial score (nSPS) is 14.3. The largest absolute Gasteiger partial charge is 0.365 e. The second kappa shape index (κ2) is 4.94. The fourth-order valence-electron chi connectivity index (χ4n) is 0.295. The molecule has 0 aliphatic rings. The van der Waals surface area contributed by atoms with Gasteiger partial charge in [-0.05, 0) is 13.3 Å². The molecule has 1 unspecified atom stereocenters. The predicted molar refractivity (Wildman–Crippen MR) is 35.9 cm³/mol. The van der Waals surface area contributed by atoms with Gasteiger partial charge in [0.15, 0.2) is 5.79 Å². The van der Waals surface area contributed by atoms with E-state index in [0.717, 1.165) is 0 Å². The summed E-state index contributed by atoms with van der Waals surface area (Å²) in [6, 6.07) is 0. The van der Waals surface area contributed by atoms with Crippen molar-refractivity contribution in [2.24, 2.45) is 0 Å². The topological polar surface area (TPSA) is 40.5 Å². The molecule has 0 aliphatic heterocycles. The number of aliphatic hydroxyl groups is 2. The molecule has 0 rings (SSSR count). The van der Waals surface area contributed by atoms with Crippen LogP contribution in [0.5, 0.6) is 0 Å². The van der Waals surface area contributed by atoms with Gasteiger partial charge in [0.1, 0.15) is 0 Å². The predicted octanol–water partition coefficient (Wildman–Crippen LogP) is 0.393. The molecule has 2 nitrogen and oxygen atoms in total. The molecule has 0 heterocycles. The Kier molecular flexibility index (Phi) is 7.04. The maximum atomic E-state index is 8.88. The van der Waals surface area contributed by atoms with Crippen molar-refractivity contribution in [1.29, 1.82) is 0 Å². The van der Waals surface area contributed by atoms with Crippen LogP contribution in [0.15, 0.2) is 0 Å². The van der Waals surface area contributed by atoms with Crippen molar-refractivity contribution in [2.75, 3.05) is 0 Å². The summed E-state index contributed by atoms with van der Waals surface area (Å²) >= 11 is 3.86. The van der Waals surface area contributed by atoms with Crippen LogP contribution in [0, 0.1) is 0 Å². The van der Waals surface area contributed by atoms with Crippen LogP contribution in [0.2, 0.25) is 0 Å². The number of thiol groups is 1. The fraction of sp³-hybridized carbons (Fsp3) is 1.00. The maximum absolute atomic E-state index is 8.88. The molecule has 0 saturated carbocycles. The van der Waals surface area contributed by atoms with Gasteiger partial charge in [-0.15, -0.1) is 0 Å². The van der Waals surface area contributed by atoms with Crippen molar-refractivity contribution < 1.29 is 37.9 Å². The molecular weight excluding hydrogens is 325 g/mol. The summed E-state index contributed by atoms with van der Waals surface area (Å²) in [5, 5.41) is 17.4. The number of rotatable bonds is 2. The van der Waals surface area contributed by atoms with Gasteiger partial charge in [0.25, 0.3) is 0 Å². The smallest absolute Gasteiger partial charge is 0.173 e. The van der Waals surface area contributed by atoms with Crippen LogP contribution >= 0.6 is 12.6 Å². The Bertz CT molecular complexity index is 75.4. The van der Waals surface area contributed by atoms with Crippen LogP contribution in [0.1, 0.15) is 20.3 Å². The molecule has 0 amide bonds. The molecule has 0 aromatic heterocycles. The Labute approximate surface area is 81.6 Å². The van der Waals surface area contributed by atoms with Gasteiger partial charge in [-0.25, -0.2) is 0 Å².